The molecule has 0 saturated carbocycles. The number of nitrogens with zero attached hydrogens (tertiary/aromatic N) is 1. The Morgan fingerprint density at radius 1 is 1.00 bits per heavy atom. The van der Waals surface area contributed by atoms with Crippen LogP contribution >= 0.6 is 0 Å². The van der Waals surface area contributed by atoms with Gasteiger partial charge < -0.3 is 5.73 Å². The maximum atomic E-state index is 6.04. The molecule has 1 atom stereocenters. The second kappa shape index (κ2) is 9.82. The van der Waals surface area contributed by atoms with Crippen molar-refractivity contribution >= 4 is 5.82 Å². The first-order chi connectivity index (χ1) is 9.29. The molecule has 0 aromatic carbocycles. The summed E-state index contributed by atoms with van der Waals surface area (Å²) in [5.41, 5.74) is 7.32. The van der Waals surface area contributed by atoms with Crippen molar-refractivity contribution in [2.45, 2.75) is 77.6 Å². The maximum Gasteiger partial charge on any atom is 0.126 e. The normalized spacial score (nSPS) is 12.5. The van der Waals surface area contributed by atoms with Gasteiger partial charge in [-0.15, -0.1) is 0 Å². The second-order valence-electron chi connectivity index (χ2n) is 5.52. The average Bonchev–Trinajstić information content (AvgIpc) is 2.42. The average molecular weight is 262 g/mol. The van der Waals surface area contributed by atoms with Gasteiger partial charge in [0.05, 0.1) is 0 Å². The summed E-state index contributed by atoms with van der Waals surface area (Å²) in [6.45, 7) is 4.52. The van der Waals surface area contributed by atoms with E-state index in [1.165, 1.54) is 63.4 Å². The van der Waals surface area contributed by atoms with Gasteiger partial charge >= 0.3 is 0 Å². The van der Waals surface area contributed by atoms with Crippen LogP contribution in [0.4, 0.5) is 5.82 Å². The smallest absolute Gasteiger partial charge is 0.126 e. The third kappa shape index (κ3) is 6.09. The van der Waals surface area contributed by atoms with E-state index in [2.05, 4.69) is 24.9 Å². The Bertz CT molecular complexity index is 336. The molecule has 1 aromatic heterocycles. The highest BCUT2D eigenvalue weighted by Crippen LogP contribution is 2.30. The fourth-order valence-corrected chi connectivity index (χ4v) is 2.69. The summed E-state index contributed by atoms with van der Waals surface area (Å²) in [7, 11) is 0. The van der Waals surface area contributed by atoms with E-state index >= 15 is 0 Å². The van der Waals surface area contributed by atoms with Crippen LogP contribution in [-0.4, -0.2) is 4.98 Å². The van der Waals surface area contributed by atoms with Gasteiger partial charge in [-0.3, -0.25) is 0 Å². The fourth-order valence-electron chi connectivity index (χ4n) is 2.69. The highest BCUT2D eigenvalue weighted by Gasteiger charge is 2.14. The van der Waals surface area contributed by atoms with Gasteiger partial charge in [0.15, 0.2) is 0 Å². The predicted octanol–water partition coefficient (Wildman–Crippen LogP) is 5.30. The quantitative estimate of drug-likeness (QED) is 0.581. The summed E-state index contributed by atoms with van der Waals surface area (Å²) in [6, 6.07) is 4.18. The minimum absolute atomic E-state index is 0.608. The Balaban J connectivity index is 2.55. The van der Waals surface area contributed by atoms with Crippen LogP contribution in [0.25, 0.3) is 0 Å². The first-order valence-electron chi connectivity index (χ1n) is 8.00. The SMILES string of the molecule is CCCCCCC(CCCCC)c1cccnc1N. The summed E-state index contributed by atoms with van der Waals surface area (Å²) < 4.78 is 0. The topological polar surface area (TPSA) is 38.9 Å². The van der Waals surface area contributed by atoms with E-state index in [-0.39, 0.29) is 0 Å². The minimum Gasteiger partial charge on any atom is -0.383 e. The molecule has 19 heavy (non-hydrogen) atoms. The Morgan fingerprint density at radius 2 is 1.63 bits per heavy atom. The number of nitrogens with two attached hydrogens (primary N) is 1. The molecule has 0 radical (unpaired) electrons. The van der Waals surface area contributed by atoms with E-state index in [1.807, 2.05) is 6.07 Å². The lowest BCUT2D eigenvalue weighted by Crippen LogP contribution is -2.05. The Hall–Kier alpha value is -1.05. The van der Waals surface area contributed by atoms with Crippen LogP contribution in [0.15, 0.2) is 18.3 Å². The minimum atomic E-state index is 0.608. The molecule has 2 heteroatoms. The Kier molecular flexibility index (Phi) is 8.28. The molecule has 1 heterocycles. The summed E-state index contributed by atoms with van der Waals surface area (Å²) in [5.74, 6) is 1.34. The lowest BCUT2D eigenvalue weighted by Gasteiger charge is -2.18. The van der Waals surface area contributed by atoms with Crippen molar-refractivity contribution in [2.24, 2.45) is 0 Å². The van der Waals surface area contributed by atoms with E-state index < -0.39 is 0 Å². The van der Waals surface area contributed by atoms with Gasteiger partial charge in [0, 0.05) is 6.20 Å². The molecular formula is C17H30N2. The number of rotatable bonds is 10. The van der Waals surface area contributed by atoms with Crippen LogP contribution in [-0.2, 0) is 0 Å². The third-order valence-corrected chi connectivity index (χ3v) is 3.87. The summed E-state index contributed by atoms with van der Waals surface area (Å²) in [5, 5.41) is 0. The number of anilines is 1. The Labute approximate surface area is 118 Å². The fraction of sp³-hybridized carbons (Fsp3) is 0.706. The zero-order valence-electron chi connectivity index (χ0n) is 12.7. The van der Waals surface area contributed by atoms with Crippen molar-refractivity contribution in [1.29, 1.82) is 0 Å². The number of aromatic nitrogens is 1. The van der Waals surface area contributed by atoms with Crippen LogP contribution in [0.2, 0.25) is 0 Å². The second-order valence-corrected chi connectivity index (χ2v) is 5.52. The van der Waals surface area contributed by atoms with Crippen LogP contribution in [0.3, 0.4) is 0 Å². The van der Waals surface area contributed by atoms with Gasteiger partial charge in [-0.2, -0.15) is 0 Å². The van der Waals surface area contributed by atoms with E-state index in [0.29, 0.717) is 5.92 Å². The van der Waals surface area contributed by atoms with Crippen LogP contribution in [0, 0.1) is 0 Å². The zero-order valence-corrected chi connectivity index (χ0v) is 12.7. The van der Waals surface area contributed by atoms with Gasteiger partial charge in [-0.1, -0.05) is 64.9 Å². The van der Waals surface area contributed by atoms with Crippen LogP contribution < -0.4 is 5.73 Å². The van der Waals surface area contributed by atoms with Crippen LogP contribution in [0.1, 0.15) is 83.1 Å². The van der Waals surface area contributed by atoms with Crippen molar-refractivity contribution in [2.75, 3.05) is 5.73 Å². The number of hydrogen-bond donors (Lipinski definition) is 1. The van der Waals surface area contributed by atoms with Gasteiger partial charge in [0.1, 0.15) is 5.82 Å². The Morgan fingerprint density at radius 3 is 2.26 bits per heavy atom. The maximum absolute atomic E-state index is 6.04. The lowest BCUT2D eigenvalue weighted by atomic mass is 9.88. The number of nitrogen functional groups attached to an aromatic ring is 1. The monoisotopic (exact) mass is 262 g/mol. The molecule has 0 aliphatic rings. The van der Waals surface area contributed by atoms with E-state index in [0.717, 1.165) is 5.82 Å². The summed E-state index contributed by atoms with van der Waals surface area (Å²) >= 11 is 0. The predicted molar refractivity (Wildman–Crippen MR) is 84.3 cm³/mol. The van der Waals surface area contributed by atoms with E-state index in [1.54, 1.807) is 6.20 Å². The summed E-state index contributed by atoms with van der Waals surface area (Å²) in [4.78, 5) is 4.25. The molecule has 1 unspecified atom stereocenters. The molecular weight excluding hydrogens is 232 g/mol. The molecule has 0 aliphatic heterocycles. The van der Waals surface area contributed by atoms with Crippen molar-refractivity contribution < 1.29 is 0 Å². The standard InChI is InChI=1S/C17H30N2/c1-3-5-7-9-12-15(11-8-6-4-2)16-13-10-14-19-17(16)18/h10,13-15H,3-9,11-12H2,1-2H3,(H2,18,19). The van der Waals surface area contributed by atoms with Crippen molar-refractivity contribution in [3.8, 4) is 0 Å². The number of pyridine rings is 1. The van der Waals surface area contributed by atoms with E-state index in [9.17, 15) is 0 Å². The van der Waals surface area contributed by atoms with E-state index in [4.69, 9.17) is 5.73 Å². The molecule has 1 aromatic rings. The third-order valence-electron chi connectivity index (χ3n) is 3.87. The molecule has 108 valence electrons. The molecule has 2 N–H and O–H groups in total. The van der Waals surface area contributed by atoms with Gasteiger partial charge in [0.2, 0.25) is 0 Å². The largest absolute Gasteiger partial charge is 0.383 e. The molecule has 0 saturated heterocycles. The van der Waals surface area contributed by atoms with Gasteiger partial charge in [-0.25, -0.2) is 4.98 Å². The molecule has 0 fully saturated rings. The van der Waals surface area contributed by atoms with Crippen molar-refractivity contribution in [3.63, 3.8) is 0 Å². The first-order valence-corrected chi connectivity index (χ1v) is 8.00. The molecule has 0 aliphatic carbocycles. The lowest BCUT2D eigenvalue weighted by molar-refractivity contribution is 0.501. The molecule has 0 amide bonds. The first kappa shape index (κ1) is 16.0. The molecule has 2 nitrogen and oxygen atoms in total. The highest BCUT2D eigenvalue weighted by molar-refractivity contribution is 5.41. The number of hydrogen-bond acceptors (Lipinski definition) is 2. The molecule has 1 rings (SSSR count). The zero-order chi connectivity index (χ0) is 13.9. The van der Waals surface area contributed by atoms with Crippen molar-refractivity contribution in [3.05, 3.63) is 23.9 Å². The highest BCUT2D eigenvalue weighted by atomic mass is 14.8. The summed E-state index contributed by atoms with van der Waals surface area (Å²) in [6.07, 6.45) is 13.5. The van der Waals surface area contributed by atoms with Gasteiger partial charge in [-0.05, 0) is 30.4 Å². The molecule has 0 bridgehead atoms. The number of unbranched alkanes of at least 4 members (excludes halogenated alkanes) is 5. The van der Waals surface area contributed by atoms with Crippen molar-refractivity contribution in [1.82, 2.24) is 4.98 Å². The van der Waals surface area contributed by atoms with Crippen LogP contribution in [0.5, 0.6) is 0 Å². The molecule has 0 spiro atoms. The van der Waals surface area contributed by atoms with Gasteiger partial charge in [0.25, 0.3) is 0 Å².